The molecule has 0 bridgehead atoms. The number of hydrogen-bond donors (Lipinski definition) is 0. The lowest BCUT2D eigenvalue weighted by molar-refractivity contribution is 0.0599. The van der Waals surface area contributed by atoms with Gasteiger partial charge in [-0.1, -0.05) is 26.7 Å². The van der Waals surface area contributed by atoms with Crippen LogP contribution in [0.4, 0.5) is 0 Å². The molecule has 0 amide bonds. The van der Waals surface area contributed by atoms with E-state index in [1.54, 1.807) is 37.6 Å². The van der Waals surface area contributed by atoms with Crippen molar-refractivity contribution >= 4 is 5.97 Å². The monoisotopic (exact) mass is 409 g/mol. The van der Waals surface area contributed by atoms with Crippen molar-refractivity contribution in [2.45, 2.75) is 39.2 Å². The van der Waals surface area contributed by atoms with E-state index in [1.165, 1.54) is 18.2 Å². The van der Waals surface area contributed by atoms with Crippen LogP contribution in [0, 0.1) is 11.8 Å². The van der Waals surface area contributed by atoms with Gasteiger partial charge in [0.2, 0.25) is 0 Å². The highest BCUT2D eigenvalue weighted by Gasteiger charge is 2.31. The minimum absolute atomic E-state index is 0.227. The number of nitrogens with zero attached hydrogens (tertiary/aromatic N) is 3. The van der Waals surface area contributed by atoms with Crippen LogP contribution in [-0.4, -0.2) is 34.5 Å². The van der Waals surface area contributed by atoms with Crippen LogP contribution < -0.4 is 10.3 Å². The molecule has 1 aliphatic carbocycles. The van der Waals surface area contributed by atoms with Gasteiger partial charge in [0.25, 0.3) is 5.56 Å². The largest absolute Gasteiger partial charge is 0.497 e. The number of pyridine rings is 1. The molecule has 3 unspecified atom stereocenters. The van der Waals surface area contributed by atoms with E-state index in [2.05, 4.69) is 18.9 Å². The number of aromatic nitrogens is 3. The van der Waals surface area contributed by atoms with Crippen molar-refractivity contribution in [3.8, 4) is 22.7 Å². The fraction of sp³-hybridized carbons (Fsp3) is 0.435. The summed E-state index contributed by atoms with van der Waals surface area (Å²) in [4.78, 5) is 25.8. The smallest absolute Gasteiger partial charge is 0.341 e. The molecule has 2 heterocycles. The summed E-state index contributed by atoms with van der Waals surface area (Å²) in [6.45, 7) is 4.50. The van der Waals surface area contributed by atoms with Gasteiger partial charge in [0.15, 0.2) is 0 Å². The Bertz CT molecular complexity index is 1080. The third-order valence-corrected chi connectivity index (χ3v) is 6.46. The zero-order valence-corrected chi connectivity index (χ0v) is 17.8. The topological polar surface area (TPSA) is 75.3 Å². The summed E-state index contributed by atoms with van der Waals surface area (Å²) in [6.07, 6.45) is 6.98. The van der Waals surface area contributed by atoms with Crippen LogP contribution in [0.3, 0.4) is 0 Å². The number of benzene rings is 1. The van der Waals surface area contributed by atoms with Crippen LogP contribution in [0.5, 0.6) is 5.75 Å². The SMILES string of the molecule is COC(=O)c1cn(C2CCCC(C)C2C)cc2c(=O)n(-c3ccc(OC)cc3)nc1-2. The Balaban J connectivity index is 1.88. The summed E-state index contributed by atoms with van der Waals surface area (Å²) in [5, 5.41) is 4.48. The fourth-order valence-electron chi connectivity index (χ4n) is 4.45. The number of ether oxygens (including phenoxy) is 2. The van der Waals surface area contributed by atoms with Crippen molar-refractivity contribution in [3.05, 3.63) is 52.6 Å². The van der Waals surface area contributed by atoms with Gasteiger partial charge < -0.3 is 14.0 Å². The molecule has 7 nitrogen and oxygen atoms in total. The van der Waals surface area contributed by atoms with Crippen molar-refractivity contribution in [1.82, 2.24) is 14.3 Å². The number of hydrogen-bond acceptors (Lipinski definition) is 5. The Hall–Kier alpha value is -3.09. The second kappa shape index (κ2) is 7.97. The van der Waals surface area contributed by atoms with Gasteiger partial charge >= 0.3 is 5.97 Å². The van der Waals surface area contributed by atoms with Gasteiger partial charge in [-0.05, 0) is 42.5 Å². The minimum Gasteiger partial charge on any atom is -0.497 e. The van der Waals surface area contributed by atoms with Crippen molar-refractivity contribution in [1.29, 1.82) is 0 Å². The average molecular weight is 409 g/mol. The van der Waals surface area contributed by atoms with Crippen molar-refractivity contribution in [2.24, 2.45) is 11.8 Å². The van der Waals surface area contributed by atoms with Crippen LogP contribution in [-0.2, 0) is 4.74 Å². The van der Waals surface area contributed by atoms with E-state index in [9.17, 15) is 9.59 Å². The molecule has 3 atom stereocenters. The van der Waals surface area contributed by atoms with E-state index in [-0.39, 0.29) is 11.6 Å². The van der Waals surface area contributed by atoms with Gasteiger partial charge in [0.1, 0.15) is 17.0 Å². The summed E-state index contributed by atoms with van der Waals surface area (Å²) < 4.78 is 13.5. The lowest BCUT2D eigenvalue weighted by Gasteiger charge is -2.36. The zero-order chi connectivity index (χ0) is 21.4. The first kappa shape index (κ1) is 20.2. The summed E-state index contributed by atoms with van der Waals surface area (Å²) >= 11 is 0. The van der Waals surface area contributed by atoms with E-state index in [0.717, 1.165) is 12.8 Å². The summed E-state index contributed by atoms with van der Waals surface area (Å²) in [5.74, 6) is 1.22. The van der Waals surface area contributed by atoms with Gasteiger partial charge in [0, 0.05) is 18.4 Å². The molecule has 1 aromatic carbocycles. The molecule has 0 saturated heterocycles. The number of carbonyl (C=O) groups excluding carboxylic acids is 1. The van der Waals surface area contributed by atoms with E-state index in [1.807, 2.05) is 10.8 Å². The highest BCUT2D eigenvalue weighted by molar-refractivity contribution is 5.96. The second-order valence-electron chi connectivity index (χ2n) is 8.12. The van der Waals surface area contributed by atoms with E-state index < -0.39 is 5.97 Å². The molecule has 0 spiro atoms. The quantitative estimate of drug-likeness (QED) is 0.610. The van der Waals surface area contributed by atoms with Crippen molar-refractivity contribution < 1.29 is 14.3 Å². The maximum atomic E-state index is 13.2. The molecule has 158 valence electrons. The number of fused-ring (bicyclic) bond motifs is 1. The Morgan fingerprint density at radius 1 is 1.10 bits per heavy atom. The summed E-state index contributed by atoms with van der Waals surface area (Å²) in [5.41, 5.74) is 1.43. The van der Waals surface area contributed by atoms with Crippen LogP contribution in [0.1, 0.15) is 49.5 Å². The fourth-order valence-corrected chi connectivity index (χ4v) is 4.45. The predicted octanol–water partition coefficient (Wildman–Crippen LogP) is 3.93. The van der Waals surface area contributed by atoms with Gasteiger partial charge in [-0.2, -0.15) is 9.78 Å². The Morgan fingerprint density at radius 2 is 1.83 bits per heavy atom. The van der Waals surface area contributed by atoms with Crippen molar-refractivity contribution in [3.63, 3.8) is 0 Å². The molecule has 1 fully saturated rings. The zero-order valence-electron chi connectivity index (χ0n) is 17.8. The molecule has 4 rings (SSSR count). The van der Waals surface area contributed by atoms with E-state index in [0.29, 0.717) is 40.1 Å². The predicted molar refractivity (Wildman–Crippen MR) is 114 cm³/mol. The summed E-state index contributed by atoms with van der Waals surface area (Å²) in [7, 11) is 2.93. The van der Waals surface area contributed by atoms with Crippen LogP contribution in [0.2, 0.25) is 0 Å². The first-order valence-corrected chi connectivity index (χ1v) is 10.3. The Kier molecular flexibility index (Phi) is 5.37. The number of carbonyl (C=O) groups is 1. The maximum absolute atomic E-state index is 13.2. The molecule has 30 heavy (non-hydrogen) atoms. The van der Waals surface area contributed by atoms with Crippen molar-refractivity contribution in [2.75, 3.05) is 14.2 Å². The number of rotatable bonds is 4. The molecule has 7 heteroatoms. The first-order chi connectivity index (χ1) is 14.4. The third-order valence-electron chi connectivity index (χ3n) is 6.46. The molecule has 2 aliphatic heterocycles. The molecule has 1 aromatic rings. The van der Waals surface area contributed by atoms with Crippen LogP contribution in [0.25, 0.3) is 16.9 Å². The molecule has 3 aliphatic rings. The molecule has 0 radical (unpaired) electrons. The standard InChI is InChI=1S/C23H27N3O4/c1-14-6-5-7-20(15(14)2)25-12-18-21(19(13-25)23(28)30-4)24-26(22(18)27)16-8-10-17(29-3)11-9-16/h8-15,20H,5-7H2,1-4H3. The molecule has 1 saturated carbocycles. The Morgan fingerprint density at radius 3 is 2.50 bits per heavy atom. The van der Waals surface area contributed by atoms with E-state index >= 15 is 0 Å². The lowest BCUT2D eigenvalue weighted by Crippen LogP contribution is -2.28. The van der Waals surface area contributed by atoms with Gasteiger partial charge in [-0.25, -0.2) is 4.79 Å². The van der Waals surface area contributed by atoms with Crippen LogP contribution in [0.15, 0.2) is 41.5 Å². The van der Waals surface area contributed by atoms with E-state index in [4.69, 9.17) is 9.47 Å². The molecule has 0 aromatic heterocycles. The first-order valence-electron chi connectivity index (χ1n) is 10.3. The highest BCUT2D eigenvalue weighted by atomic mass is 16.5. The molecular formula is C23H27N3O4. The summed E-state index contributed by atoms with van der Waals surface area (Å²) in [6, 6.07) is 7.30. The van der Waals surface area contributed by atoms with Gasteiger partial charge in [-0.3, -0.25) is 4.79 Å². The normalized spacial score (nSPS) is 21.5. The van der Waals surface area contributed by atoms with Gasteiger partial charge in [-0.15, -0.1) is 0 Å². The lowest BCUT2D eigenvalue weighted by atomic mass is 9.78. The third kappa shape index (κ3) is 3.38. The second-order valence-corrected chi connectivity index (χ2v) is 8.12. The highest BCUT2D eigenvalue weighted by Crippen LogP contribution is 2.38. The average Bonchev–Trinajstić information content (AvgIpc) is 3.11. The van der Waals surface area contributed by atoms with Gasteiger partial charge in [0.05, 0.1) is 25.5 Å². The molecular weight excluding hydrogens is 382 g/mol. The minimum atomic E-state index is -0.495. The number of esters is 1. The number of methoxy groups -OCH3 is 2. The Labute approximate surface area is 175 Å². The van der Waals surface area contributed by atoms with Crippen LogP contribution >= 0.6 is 0 Å². The maximum Gasteiger partial charge on any atom is 0.341 e. The molecule has 0 N–H and O–H groups in total.